The van der Waals surface area contributed by atoms with Crippen LogP contribution in [0.25, 0.3) is 0 Å². The molecule has 2 aliphatic heterocycles. The van der Waals surface area contributed by atoms with E-state index in [4.69, 9.17) is 18.9 Å². The molecule has 3 amide bonds. The Hall–Kier alpha value is -1.92. The lowest BCUT2D eigenvalue weighted by molar-refractivity contribution is -0.144. The van der Waals surface area contributed by atoms with Gasteiger partial charge >= 0.3 is 22.4 Å². The summed E-state index contributed by atoms with van der Waals surface area (Å²) in [5, 5.41) is 0.737. The normalized spacial score (nSPS) is 21.2. The molecule has 2 saturated heterocycles. The van der Waals surface area contributed by atoms with E-state index in [-0.39, 0.29) is 25.5 Å². The lowest BCUT2D eigenvalue weighted by atomic mass is 9.89. The van der Waals surface area contributed by atoms with Crippen LogP contribution in [0.1, 0.15) is 72.1 Å². The molecule has 2 rings (SSSR count). The second-order valence-electron chi connectivity index (χ2n) is 9.10. The van der Waals surface area contributed by atoms with Crippen LogP contribution in [0.5, 0.6) is 0 Å². The Morgan fingerprint density at radius 2 is 1.91 bits per heavy atom. The van der Waals surface area contributed by atoms with Crippen molar-refractivity contribution in [2.75, 3.05) is 19.8 Å². The molecule has 12 heteroatoms. The maximum absolute atomic E-state index is 12.5. The molecule has 0 radical (unpaired) electrons. The van der Waals surface area contributed by atoms with Gasteiger partial charge in [-0.2, -0.15) is 13.5 Å². The zero-order chi connectivity index (χ0) is 23.9. The fraction of sp³-hybridized carbons (Fsp3) is 0.850. The van der Waals surface area contributed by atoms with Crippen molar-refractivity contribution in [3.63, 3.8) is 0 Å². The highest BCUT2D eigenvalue weighted by atomic mass is 32.3. The third-order valence-electron chi connectivity index (χ3n) is 5.68. The average Bonchev–Trinajstić information content (AvgIpc) is 2.95. The number of urea groups is 1. The summed E-state index contributed by atoms with van der Waals surface area (Å²) in [4.78, 5) is 37.0. The van der Waals surface area contributed by atoms with Crippen LogP contribution in [-0.2, 0) is 33.2 Å². The Morgan fingerprint density at radius 1 is 1.19 bits per heavy atom. The molecule has 0 unspecified atom stereocenters. The maximum Gasteiger partial charge on any atom is 0.421 e. The number of primary amides is 1. The van der Waals surface area contributed by atoms with E-state index in [1.54, 1.807) is 13.8 Å². The minimum absolute atomic E-state index is 0.140. The Morgan fingerprint density at radius 3 is 2.56 bits per heavy atom. The van der Waals surface area contributed by atoms with Crippen LogP contribution in [0, 0.1) is 5.41 Å². The summed E-state index contributed by atoms with van der Waals surface area (Å²) >= 11 is 0. The number of esters is 1. The number of carbonyl (C=O) groups is 3. The zero-order valence-corrected chi connectivity index (χ0v) is 19.9. The number of rotatable bonds is 14. The number of fused-ring (bicyclic) bond motifs is 2. The van der Waals surface area contributed by atoms with Gasteiger partial charge in [0, 0.05) is 13.0 Å². The molecular weight excluding hydrogens is 442 g/mol. The van der Waals surface area contributed by atoms with Gasteiger partial charge < -0.3 is 15.4 Å². The molecule has 0 aromatic heterocycles. The molecule has 0 spiro atoms. The van der Waals surface area contributed by atoms with E-state index >= 15 is 0 Å². The lowest BCUT2D eigenvalue weighted by Gasteiger charge is -2.27. The quantitative estimate of drug-likeness (QED) is 0.295. The Bertz CT molecular complexity index is 786. The summed E-state index contributed by atoms with van der Waals surface area (Å²) < 4.78 is 39.7. The van der Waals surface area contributed by atoms with Crippen LogP contribution in [0.4, 0.5) is 4.79 Å². The van der Waals surface area contributed by atoms with Gasteiger partial charge in [0.25, 0.3) is 0 Å². The van der Waals surface area contributed by atoms with E-state index in [1.807, 2.05) is 0 Å². The van der Waals surface area contributed by atoms with Crippen LogP contribution in [0.2, 0.25) is 0 Å². The first-order chi connectivity index (χ1) is 15.0. The molecule has 0 saturated carbocycles. The number of ether oxygens (including phenoxy) is 1. The smallest absolute Gasteiger partial charge is 0.421 e. The third kappa shape index (κ3) is 7.59. The minimum Gasteiger partial charge on any atom is -0.466 e. The first-order valence-corrected chi connectivity index (χ1v) is 12.4. The van der Waals surface area contributed by atoms with E-state index in [0.29, 0.717) is 25.9 Å². The minimum atomic E-state index is -4.52. The van der Waals surface area contributed by atoms with Gasteiger partial charge in [0.2, 0.25) is 5.91 Å². The van der Waals surface area contributed by atoms with Crippen molar-refractivity contribution in [1.82, 2.24) is 9.96 Å². The summed E-state index contributed by atoms with van der Waals surface area (Å²) in [6.07, 6.45) is 5.28. The number of unbranched alkanes of at least 4 members (excludes halogenated alkanes) is 3. The van der Waals surface area contributed by atoms with Gasteiger partial charge in [-0.1, -0.05) is 40.0 Å². The number of piperidine rings is 1. The molecule has 184 valence electrons. The molecule has 2 fully saturated rings. The zero-order valence-electron chi connectivity index (χ0n) is 19.1. The van der Waals surface area contributed by atoms with Gasteiger partial charge in [0.05, 0.1) is 19.3 Å². The first-order valence-electron chi connectivity index (χ1n) is 11.1. The number of nitrogens with two attached hydrogens (primary N) is 1. The molecule has 2 aliphatic rings. The van der Waals surface area contributed by atoms with Crippen molar-refractivity contribution in [1.29, 1.82) is 0 Å². The number of nitrogens with zero attached hydrogens (tertiary/aromatic N) is 2. The molecule has 0 aliphatic carbocycles. The highest BCUT2D eigenvalue weighted by Crippen LogP contribution is 2.31. The summed E-state index contributed by atoms with van der Waals surface area (Å²) in [6, 6.07) is -2.01. The van der Waals surface area contributed by atoms with E-state index in [9.17, 15) is 22.8 Å². The van der Waals surface area contributed by atoms with Crippen LogP contribution in [0.15, 0.2) is 0 Å². The second-order valence-corrected chi connectivity index (χ2v) is 10.3. The van der Waals surface area contributed by atoms with Gasteiger partial charge in [-0.3, -0.25) is 9.59 Å². The standard InChI is InChI=1S/C20H35N3O8S/c1-4-5-6-7-12-29-17(24)10-11-20(2,3)14-30-32(27,28)31-23-15-8-9-16(18(21)25)22(13-15)19(23)26/h15-16H,4-14H2,1-3H3,(H2,21,25)/t15-,16+/m1/s1. The number of carbonyl (C=O) groups excluding carboxylic acids is 3. The maximum atomic E-state index is 12.5. The van der Waals surface area contributed by atoms with Crippen molar-refractivity contribution >= 4 is 28.3 Å². The highest BCUT2D eigenvalue weighted by molar-refractivity contribution is 7.81. The molecule has 11 nitrogen and oxygen atoms in total. The summed E-state index contributed by atoms with van der Waals surface area (Å²) in [7, 11) is -4.52. The number of amides is 3. The van der Waals surface area contributed by atoms with Crippen LogP contribution < -0.4 is 5.73 Å². The predicted octanol–water partition coefficient (Wildman–Crippen LogP) is 1.86. The van der Waals surface area contributed by atoms with Gasteiger partial charge in [0.1, 0.15) is 6.04 Å². The van der Waals surface area contributed by atoms with Crippen LogP contribution >= 0.6 is 0 Å². The third-order valence-corrected chi connectivity index (χ3v) is 6.43. The molecular formula is C20H35N3O8S. The Labute approximate surface area is 189 Å². The molecule has 2 N–H and O–H groups in total. The van der Waals surface area contributed by atoms with Crippen molar-refractivity contribution in [2.45, 2.75) is 84.2 Å². The topological polar surface area (TPSA) is 146 Å². The number of hydroxylamine groups is 2. The van der Waals surface area contributed by atoms with Crippen molar-refractivity contribution in [2.24, 2.45) is 11.1 Å². The van der Waals surface area contributed by atoms with Gasteiger partial charge in [0.15, 0.2) is 0 Å². The second kappa shape index (κ2) is 11.3. The van der Waals surface area contributed by atoms with E-state index in [2.05, 4.69) is 6.92 Å². The monoisotopic (exact) mass is 477 g/mol. The Balaban J connectivity index is 1.78. The molecule has 0 aromatic rings. The lowest BCUT2D eigenvalue weighted by Crippen LogP contribution is -2.47. The molecule has 2 heterocycles. The van der Waals surface area contributed by atoms with Crippen LogP contribution in [-0.4, -0.2) is 68.1 Å². The fourth-order valence-electron chi connectivity index (χ4n) is 3.68. The summed E-state index contributed by atoms with van der Waals surface area (Å²) in [6.45, 7) is 5.93. The van der Waals surface area contributed by atoms with E-state index in [1.165, 1.54) is 4.90 Å². The number of hydrogen-bond acceptors (Lipinski definition) is 8. The van der Waals surface area contributed by atoms with Gasteiger partial charge in [-0.15, -0.1) is 4.28 Å². The SMILES string of the molecule is CCCCCCOC(=O)CCC(C)(C)COS(=O)(=O)ON1C(=O)N2C[C@H]1CC[C@H]2C(N)=O. The number of hydrogen-bond donors (Lipinski definition) is 1. The van der Waals surface area contributed by atoms with E-state index in [0.717, 1.165) is 30.7 Å². The molecule has 2 bridgehead atoms. The molecule has 2 atom stereocenters. The first kappa shape index (κ1) is 26.3. The largest absolute Gasteiger partial charge is 0.466 e. The van der Waals surface area contributed by atoms with Crippen molar-refractivity contribution < 1.29 is 36.0 Å². The summed E-state index contributed by atoms with van der Waals surface area (Å²) in [5.74, 6) is -0.972. The summed E-state index contributed by atoms with van der Waals surface area (Å²) in [5.41, 5.74) is 4.66. The van der Waals surface area contributed by atoms with Gasteiger partial charge in [-0.25, -0.2) is 8.98 Å². The molecule has 0 aromatic carbocycles. The average molecular weight is 478 g/mol. The van der Waals surface area contributed by atoms with Crippen molar-refractivity contribution in [3.8, 4) is 0 Å². The Kier molecular flexibility index (Phi) is 9.28. The highest BCUT2D eigenvalue weighted by Gasteiger charge is 2.49. The fourth-order valence-corrected chi connectivity index (χ4v) is 4.57. The van der Waals surface area contributed by atoms with E-state index < -0.39 is 39.8 Å². The van der Waals surface area contributed by atoms with Gasteiger partial charge in [-0.05, 0) is 31.1 Å². The van der Waals surface area contributed by atoms with Crippen LogP contribution in [0.3, 0.4) is 0 Å². The van der Waals surface area contributed by atoms with Crippen molar-refractivity contribution in [3.05, 3.63) is 0 Å². The predicted molar refractivity (Wildman–Crippen MR) is 114 cm³/mol. The molecule has 32 heavy (non-hydrogen) atoms.